The van der Waals surface area contributed by atoms with Gasteiger partial charge in [-0.2, -0.15) is 4.98 Å². The van der Waals surface area contributed by atoms with E-state index in [1.54, 1.807) is 7.11 Å². The number of aromatic nitrogens is 2. The molecule has 1 aromatic carbocycles. The number of nitrogens with zero attached hydrogens (tertiary/aromatic N) is 3. The van der Waals surface area contributed by atoms with Crippen LogP contribution in [-0.4, -0.2) is 63.4 Å². The molecule has 9 heteroatoms. The molecule has 1 aliphatic rings. The highest BCUT2D eigenvalue weighted by Crippen LogP contribution is 2.22. The van der Waals surface area contributed by atoms with E-state index < -0.39 is 18.0 Å². The molecule has 1 saturated heterocycles. The van der Waals surface area contributed by atoms with Crippen molar-refractivity contribution in [1.29, 1.82) is 0 Å². The summed E-state index contributed by atoms with van der Waals surface area (Å²) >= 11 is 0. The number of rotatable bonds is 7. The predicted molar refractivity (Wildman–Crippen MR) is 97.6 cm³/mol. The molecular formula is C19H23N3O6. The van der Waals surface area contributed by atoms with Crippen LogP contribution in [0.1, 0.15) is 25.2 Å². The topological polar surface area (TPSA) is 126 Å². The molecule has 3 rings (SSSR count). The van der Waals surface area contributed by atoms with Gasteiger partial charge in [0, 0.05) is 31.5 Å². The van der Waals surface area contributed by atoms with E-state index in [4.69, 9.17) is 14.4 Å². The van der Waals surface area contributed by atoms with Crippen LogP contribution in [0.5, 0.6) is 5.75 Å². The molecule has 0 bridgehead atoms. The standard InChI is InChI=1S/C19H23N3O6/c1-27-13-5-2-4-12(10-13)18-20-16(28-21-18)6-3-7-17(24)22-9-8-15(23)14(11-22)19(25)26/h2,4-5,10,14-15,23H,3,6-9,11H2,1H3,(H,25,26)/t14-,15+/m0/s1. The van der Waals surface area contributed by atoms with Gasteiger partial charge in [0.05, 0.1) is 13.2 Å². The number of carboxylic acids is 1. The highest BCUT2D eigenvalue weighted by Gasteiger charge is 2.34. The molecule has 1 aromatic heterocycles. The van der Waals surface area contributed by atoms with Gasteiger partial charge in [-0.1, -0.05) is 17.3 Å². The van der Waals surface area contributed by atoms with Crippen molar-refractivity contribution in [2.75, 3.05) is 20.2 Å². The number of aliphatic carboxylic acids is 1. The Hall–Kier alpha value is -2.94. The Labute approximate surface area is 161 Å². The third kappa shape index (κ3) is 4.66. The van der Waals surface area contributed by atoms with E-state index in [2.05, 4.69) is 10.1 Å². The van der Waals surface area contributed by atoms with Gasteiger partial charge in [-0.15, -0.1) is 0 Å². The van der Waals surface area contributed by atoms with Gasteiger partial charge >= 0.3 is 5.97 Å². The Morgan fingerprint density at radius 3 is 2.96 bits per heavy atom. The Bertz CT molecular complexity index is 837. The van der Waals surface area contributed by atoms with Gasteiger partial charge in [-0.05, 0) is 25.0 Å². The number of benzene rings is 1. The van der Waals surface area contributed by atoms with Crippen LogP contribution >= 0.6 is 0 Å². The zero-order valence-electron chi connectivity index (χ0n) is 15.6. The zero-order chi connectivity index (χ0) is 20.1. The highest BCUT2D eigenvalue weighted by molar-refractivity contribution is 5.78. The van der Waals surface area contributed by atoms with Crippen molar-refractivity contribution < 1.29 is 29.1 Å². The van der Waals surface area contributed by atoms with Crippen LogP contribution < -0.4 is 4.74 Å². The maximum atomic E-state index is 12.3. The molecule has 1 aliphatic heterocycles. The summed E-state index contributed by atoms with van der Waals surface area (Å²) in [5, 5.41) is 22.8. The smallest absolute Gasteiger partial charge is 0.310 e. The molecule has 1 fully saturated rings. The Kier molecular flexibility index (Phi) is 6.25. The number of carbonyl (C=O) groups excluding carboxylic acids is 1. The summed E-state index contributed by atoms with van der Waals surface area (Å²) in [4.78, 5) is 29.3. The molecular weight excluding hydrogens is 366 g/mol. The number of aliphatic hydroxyl groups is 1. The monoisotopic (exact) mass is 389 g/mol. The van der Waals surface area contributed by atoms with Crippen molar-refractivity contribution in [3.05, 3.63) is 30.2 Å². The van der Waals surface area contributed by atoms with Crippen molar-refractivity contribution in [3.8, 4) is 17.1 Å². The van der Waals surface area contributed by atoms with Gasteiger partial charge in [0.2, 0.25) is 17.6 Å². The zero-order valence-corrected chi connectivity index (χ0v) is 15.6. The third-order valence-electron chi connectivity index (χ3n) is 4.82. The van der Waals surface area contributed by atoms with Crippen molar-refractivity contribution in [2.45, 2.75) is 31.8 Å². The molecule has 2 heterocycles. The number of carboxylic acid groups (broad SMARTS) is 1. The number of hydrogen-bond donors (Lipinski definition) is 2. The van der Waals surface area contributed by atoms with Crippen LogP contribution in [0.25, 0.3) is 11.4 Å². The fourth-order valence-corrected chi connectivity index (χ4v) is 3.19. The Morgan fingerprint density at radius 1 is 1.39 bits per heavy atom. The molecule has 2 aromatic rings. The quantitative estimate of drug-likeness (QED) is 0.727. The van der Waals surface area contributed by atoms with Gasteiger partial charge in [0.25, 0.3) is 0 Å². The molecule has 1 amide bonds. The summed E-state index contributed by atoms with van der Waals surface area (Å²) in [6, 6.07) is 7.32. The number of piperidine rings is 1. The number of hydrogen-bond acceptors (Lipinski definition) is 7. The van der Waals surface area contributed by atoms with E-state index in [-0.39, 0.29) is 25.3 Å². The van der Waals surface area contributed by atoms with Crippen LogP contribution in [0, 0.1) is 5.92 Å². The normalized spacial score (nSPS) is 19.4. The van der Waals surface area contributed by atoms with Crippen molar-refractivity contribution in [1.82, 2.24) is 15.0 Å². The van der Waals surface area contributed by atoms with E-state index in [0.29, 0.717) is 36.9 Å². The minimum absolute atomic E-state index is 0.0376. The molecule has 2 N–H and O–H groups in total. The lowest BCUT2D eigenvalue weighted by atomic mass is 9.94. The lowest BCUT2D eigenvalue weighted by Gasteiger charge is -2.34. The number of likely N-dealkylation sites (tertiary alicyclic amines) is 1. The Morgan fingerprint density at radius 2 is 2.21 bits per heavy atom. The summed E-state index contributed by atoms with van der Waals surface area (Å²) in [5.41, 5.74) is 0.775. The van der Waals surface area contributed by atoms with E-state index >= 15 is 0 Å². The minimum Gasteiger partial charge on any atom is -0.497 e. The molecule has 0 unspecified atom stereocenters. The second-order valence-corrected chi connectivity index (χ2v) is 6.74. The first-order chi connectivity index (χ1) is 13.5. The van der Waals surface area contributed by atoms with Gasteiger partial charge in [-0.25, -0.2) is 0 Å². The van der Waals surface area contributed by atoms with E-state index in [1.165, 1.54) is 4.90 Å². The number of aliphatic hydroxyl groups excluding tert-OH is 1. The molecule has 0 radical (unpaired) electrons. The molecule has 2 atom stereocenters. The largest absolute Gasteiger partial charge is 0.497 e. The molecule has 0 spiro atoms. The summed E-state index contributed by atoms with van der Waals surface area (Å²) in [5.74, 6) is -0.566. The SMILES string of the molecule is COc1cccc(-c2noc(CCCC(=O)N3CC[C@@H](O)[C@@H](C(=O)O)C3)n2)c1. The lowest BCUT2D eigenvalue weighted by Crippen LogP contribution is -2.48. The average molecular weight is 389 g/mol. The maximum Gasteiger partial charge on any atom is 0.310 e. The predicted octanol–water partition coefficient (Wildman–Crippen LogP) is 1.36. The molecule has 150 valence electrons. The first kappa shape index (κ1) is 19.8. The maximum absolute atomic E-state index is 12.3. The molecule has 28 heavy (non-hydrogen) atoms. The summed E-state index contributed by atoms with van der Waals surface area (Å²) in [6.07, 6.45) is 0.571. The fourth-order valence-electron chi connectivity index (χ4n) is 3.19. The average Bonchev–Trinajstić information content (AvgIpc) is 3.17. The van der Waals surface area contributed by atoms with Gasteiger partial charge < -0.3 is 24.4 Å². The summed E-state index contributed by atoms with van der Waals surface area (Å²) < 4.78 is 10.4. The van der Waals surface area contributed by atoms with Crippen LogP contribution in [-0.2, 0) is 16.0 Å². The van der Waals surface area contributed by atoms with E-state index in [9.17, 15) is 14.7 Å². The van der Waals surface area contributed by atoms with Gasteiger partial charge in [0.15, 0.2) is 0 Å². The molecule has 9 nitrogen and oxygen atoms in total. The number of amides is 1. The second kappa shape index (κ2) is 8.83. The van der Waals surface area contributed by atoms with Crippen LogP contribution in [0.2, 0.25) is 0 Å². The van der Waals surface area contributed by atoms with Gasteiger partial charge in [-0.3, -0.25) is 9.59 Å². The first-order valence-corrected chi connectivity index (χ1v) is 9.13. The number of ether oxygens (including phenoxy) is 1. The van der Waals surface area contributed by atoms with E-state index in [1.807, 2.05) is 24.3 Å². The second-order valence-electron chi connectivity index (χ2n) is 6.74. The van der Waals surface area contributed by atoms with Crippen LogP contribution in [0.4, 0.5) is 0 Å². The van der Waals surface area contributed by atoms with Crippen LogP contribution in [0.3, 0.4) is 0 Å². The summed E-state index contributed by atoms with van der Waals surface area (Å²) in [6.45, 7) is 0.403. The van der Waals surface area contributed by atoms with Crippen molar-refractivity contribution >= 4 is 11.9 Å². The molecule has 0 aliphatic carbocycles. The van der Waals surface area contributed by atoms with Crippen molar-refractivity contribution in [2.24, 2.45) is 5.92 Å². The first-order valence-electron chi connectivity index (χ1n) is 9.13. The Balaban J connectivity index is 1.51. The van der Waals surface area contributed by atoms with Crippen LogP contribution in [0.15, 0.2) is 28.8 Å². The molecule has 0 saturated carbocycles. The highest BCUT2D eigenvalue weighted by atomic mass is 16.5. The minimum atomic E-state index is -1.08. The lowest BCUT2D eigenvalue weighted by molar-refractivity contribution is -0.151. The third-order valence-corrected chi connectivity index (χ3v) is 4.82. The van der Waals surface area contributed by atoms with E-state index in [0.717, 1.165) is 5.56 Å². The fraction of sp³-hybridized carbons (Fsp3) is 0.474. The van der Waals surface area contributed by atoms with Crippen molar-refractivity contribution in [3.63, 3.8) is 0 Å². The van der Waals surface area contributed by atoms with Gasteiger partial charge in [0.1, 0.15) is 11.7 Å². The summed E-state index contributed by atoms with van der Waals surface area (Å²) in [7, 11) is 1.58. The number of carbonyl (C=O) groups is 2. The number of methoxy groups -OCH3 is 1. The number of aryl methyl sites for hydroxylation is 1.